The van der Waals surface area contributed by atoms with Crippen LogP contribution >= 0.6 is 0 Å². The molecular formula is C47H37N3O. The predicted molar refractivity (Wildman–Crippen MR) is 209 cm³/mol. The van der Waals surface area contributed by atoms with Crippen molar-refractivity contribution in [3.8, 4) is 28.3 Å². The van der Waals surface area contributed by atoms with Crippen LogP contribution in [0.5, 0.6) is 0 Å². The van der Waals surface area contributed by atoms with E-state index in [1.807, 2.05) is 12.1 Å². The first kappa shape index (κ1) is 29.0. The minimum absolute atomic E-state index is 0.259. The fourth-order valence-electron chi connectivity index (χ4n) is 9.98. The lowest BCUT2D eigenvalue weighted by Gasteiger charge is -2.38. The maximum absolute atomic E-state index is 6.54. The van der Waals surface area contributed by atoms with E-state index in [2.05, 4.69) is 133 Å². The first-order valence-electron chi connectivity index (χ1n) is 18.4. The Morgan fingerprint density at radius 3 is 2.12 bits per heavy atom. The second-order valence-electron chi connectivity index (χ2n) is 15.3. The quantitative estimate of drug-likeness (QED) is 0.189. The SMILES string of the molecule is CC1(c2ccc(-c3nc(-n4c5ccccc5c5c(-c6cccc7c6oc6ccccc67)cccc54)nc4ccccc34)cc2)C[C@@H]2CC[C@H](C2)C1. The third kappa shape index (κ3) is 4.39. The molecule has 0 spiro atoms. The Hall–Kier alpha value is -5.74. The van der Waals surface area contributed by atoms with Crippen LogP contribution in [-0.4, -0.2) is 14.5 Å². The van der Waals surface area contributed by atoms with E-state index < -0.39 is 0 Å². The van der Waals surface area contributed by atoms with Gasteiger partial charge in [0.1, 0.15) is 11.2 Å². The summed E-state index contributed by atoms with van der Waals surface area (Å²) in [6.45, 7) is 2.50. The second kappa shape index (κ2) is 10.9. The van der Waals surface area contributed by atoms with E-state index in [1.165, 1.54) is 43.1 Å². The van der Waals surface area contributed by atoms with Crippen molar-refractivity contribution >= 4 is 54.6 Å². The van der Waals surface area contributed by atoms with Crippen LogP contribution < -0.4 is 0 Å². The van der Waals surface area contributed by atoms with Gasteiger partial charge in [0.25, 0.3) is 0 Å². The molecule has 2 saturated carbocycles. The number of fused-ring (bicyclic) bond motifs is 9. The fourth-order valence-corrected chi connectivity index (χ4v) is 9.98. The molecule has 11 rings (SSSR count). The Balaban J connectivity index is 1.11. The third-order valence-electron chi connectivity index (χ3n) is 12.2. The molecule has 2 aliphatic carbocycles. The summed E-state index contributed by atoms with van der Waals surface area (Å²) < 4.78 is 8.78. The molecule has 4 heteroatoms. The van der Waals surface area contributed by atoms with Gasteiger partial charge >= 0.3 is 0 Å². The molecule has 2 bridgehead atoms. The molecule has 0 aliphatic heterocycles. The van der Waals surface area contributed by atoms with Gasteiger partial charge in [-0.05, 0) is 71.9 Å². The van der Waals surface area contributed by atoms with Crippen molar-refractivity contribution in [2.75, 3.05) is 0 Å². The number of benzene rings is 6. The zero-order valence-corrected chi connectivity index (χ0v) is 28.6. The molecule has 9 aromatic rings. The van der Waals surface area contributed by atoms with Crippen LogP contribution in [0.3, 0.4) is 0 Å². The highest BCUT2D eigenvalue weighted by Crippen LogP contribution is 2.52. The number of furan rings is 1. The number of hydrogen-bond donors (Lipinski definition) is 0. The minimum Gasteiger partial charge on any atom is -0.455 e. The summed E-state index contributed by atoms with van der Waals surface area (Å²) in [5, 5.41) is 5.65. The summed E-state index contributed by atoms with van der Waals surface area (Å²) in [4.78, 5) is 10.7. The molecule has 6 aromatic carbocycles. The maximum Gasteiger partial charge on any atom is 0.235 e. The summed E-state index contributed by atoms with van der Waals surface area (Å²) in [5.41, 5.74) is 10.9. The molecule has 0 unspecified atom stereocenters. The van der Waals surface area contributed by atoms with Gasteiger partial charge in [0.2, 0.25) is 5.95 Å². The lowest BCUT2D eigenvalue weighted by Crippen LogP contribution is -2.30. The Bertz CT molecular complexity index is 2810. The van der Waals surface area contributed by atoms with Gasteiger partial charge in [-0.25, -0.2) is 9.97 Å². The van der Waals surface area contributed by atoms with Crippen molar-refractivity contribution in [3.63, 3.8) is 0 Å². The van der Waals surface area contributed by atoms with E-state index >= 15 is 0 Å². The average molecular weight is 660 g/mol. The molecule has 2 aliphatic rings. The average Bonchev–Trinajstić information content (AvgIpc) is 3.85. The zero-order chi connectivity index (χ0) is 33.7. The maximum atomic E-state index is 6.54. The van der Waals surface area contributed by atoms with Crippen molar-refractivity contribution in [3.05, 3.63) is 139 Å². The number of aromatic nitrogens is 3. The highest BCUT2D eigenvalue weighted by molar-refractivity contribution is 6.19. The minimum atomic E-state index is 0.259. The molecule has 246 valence electrons. The van der Waals surface area contributed by atoms with Crippen molar-refractivity contribution in [2.24, 2.45) is 11.8 Å². The van der Waals surface area contributed by atoms with Gasteiger partial charge in [0, 0.05) is 38.1 Å². The molecule has 2 atom stereocenters. The highest BCUT2D eigenvalue weighted by Gasteiger charge is 2.41. The zero-order valence-electron chi connectivity index (χ0n) is 28.6. The highest BCUT2D eigenvalue weighted by atomic mass is 16.3. The largest absolute Gasteiger partial charge is 0.455 e. The van der Waals surface area contributed by atoms with Gasteiger partial charge in [0.05, 0.1) is 22.2 Å². The number of nitrogens with zero attached hydrogens (tertiary/aromatic N) is 3. The number of hydrogen-bond acceptors (Lipinski definition) is 3. The van der Waals surface area contributed by atoms with E-state index in [-0.39, 0.29) is 5.41 Å². The molecule has 0 radical (unpaired) electrons. The van der Waals surface area contributed by atoms with Crippen molar-refractivity contribution in [1.82, 2.24) is 14.5 Å². The molecule has 3 heterocycles. The van der Waals surface area contributed by atoms with E-state index in [1.54, 1.807) is 0 Å². The van der Waals surface area contributed by atoms with Crippen LogP contribution in [0.1, 0.15) is 44.6 Å². The summed E-state index contributed by atoms with van der Waals surface area (Å²) >= 11 is 0. The second-order valence-corrected chi connectivity index (χ2v) is 15.3. The standard InChI is InChI=1S/C47H37N3O/c1-47(27-29-20-21-30(26-29)28-47)32-24-22-31(23-25-32)44-37-11-2-5-16-39(37)48-46(49-44)50-40-17-6-3-12-38(40)43-34(13-9-18-41(43)50)36-15-8-14-35-33-10-4-7-19-42(33)51-45(35)36/h2-19,22-25,29-30H,20-21,26-28H2,1H3/t29-,30-/m1/s1. The molecule has 0 saturated heterocycles. The van der Waals surface area contributed by atoms with Gasteiger partial charge in [-0.3, -0.25) is 4.57 Å². The van der Waals surface area contributed by atoms with E-state index in [0.29, 0.717) is 5.95 Å². The molecule has 0 amide bonds. The summed E-state index contributed by atoms with van der Waals surface area (Å²) in [7, 11) is 0. The molecule has 0 N–H and O–H groups in total. The fraction of sp³-hybridized carbons (Fsp3) is 0.191. The van der Waals surface area contributed by atoms with Crippen LogP contribution in [0.25, 0.3) is 83.0 Å². The summed E-state index contributed by atoms with van der Waals surface area (Å²) in [6.07, 6.45) is 6.87. The number of rotatable bonds is 4. The Kier molecular flexibility index (Phi) is 6.19. The molecular weight excluding hydrogens is 623 g/mol. The van der Waals surface area contributed by atoms with Gasteiger partial charge in [-0.15, -0.1) is 0 Å². The monoisotopic (exact) mass is 659 g/mol. The van der Waals surface area contributed by atoms with Crippen molar-refractivity contribution in [1.29, 1.82) is 0 Å². The third-order valence-corrected chi connectivity index (χ3v) is 12.2. The summed E-state index contributed by atoms with van der Waals surface area (Å²) in [6, 6.07) is 47.7. The molecule has 4 nitrogen and oxygen atoms in total. The first-order valence-corrected chi connectivity index (χ1v) is 18.4. The van der Waals surface area contributed by atoms with Crippen LogP contribution in [0.2, 0.25) is 0 Å². The van der Waals surface area contributed by atoms with Gasteiger partial charge in [-0.2, -0.15) is 0 Å². The normalized spacial score (nSPS) is 20.3. The molecule has 2 fully saturated rings. The topological polar surface area (TPSA) is 43.9 Å². The van der Waals surface area contributed by atoms with Crippen LogP contribution in [-0.2, 0) is 5.41 Å². The van der Waals surface area contributed by atoms with Crippen LogP contribution in [0, 0.1) is 11.8 Å². The van der Waals surface area contributed by atoms with Gasteiger partial charge < -0.3 is 4.42 Å². The van der Waals surface area contributed by atoms with E-state index in [9.17, 15) is 0 Å². The van der Waals surface area contributed by atoms with E-state index in [0.717, 1.165) is 83.5 Å². The van der Waals surface area contributed by atoms with Crippen LogP contribution in [0.4, 0.5) is 0 Å². The smallest absolute Gasteiger partial charge is 0.235 e. The van der Waals surface area contributed by atoms with E-state index in [4.69, 9.17) is 14.4 Å². The van der Waals surface area contributed by atoms with Gasteiger partial charge in [-0.1, -0.05) is 129 Å². The Morgan fingerprint density at radius 2 is 1.27 bits per heavy atom. The number of para-hydroxylation sites is 4. The van der Waals surface area contributed by atoms with Crippen LogP contribution in [0.15, 0.2) is 138 Å². The van der Waals surface area contributed by atoms with Gasteiger partial charge in [0.15, 0.2) is 0 Å². The Morgan fingerprint density at radius 1 is 0.608 bits per heavy atom. The lowest BCUT2D eigenvalue weighted by atomic mass is 9.66. The molecule has 3 aromatic heterocycles. The lowest BCUT2D eigenvalue weighted by molar-refractivity contribution is 0.232. The first-order chi connectivity index (χ1) is 25.1. The van der Waals surface area contributed by atoms with Crippen molar-refractivity contribution in [2.45, 2.75) is 44.4 Å². The van der Waals surface area contributed by atoms with Crippen molar-refractivity contribution < 1.29 is 4.42 Å². The Labute approximate surface area is 296 Å². The molecule has 51 heavy (non-hydrogen) atoms. The summed E-state index contributed by atoms with van der Waals surface area (Å²) in [5.74, 6) is 2.45. The predicted octanol–water partition coefficient (Wildman–Crippen LogP) is 12.4.